The predicted octanol–water partition coefficient (Wildman–Crippen LogP) is -0.876. The van der Waals surface area contributed by atoms with E-state index < -0.39 is 28.7 Å². The molecule has 2 aromatic rings. The van der Waals surface area contributed by atoms with Crippen LogP contribution in [0, 0.1) is 13.8 Å². The highest BCUT2D eigenvalue weighted by Crippen LogP contribution is 2.05. The van der Waals surface area contributed by atoms with Gasteiger partial charge in [0.05, 0.1) is 0 Å². The molecule has 0 bridgehead atoms. The molecule has 0 aromatic carbocycles. The molecule has 3 N–H and O–H groups in total. The number of nitrogens with zero attached hydrogens (tertiary/aromatic N) is 3. The Hall–Kier alpha value is -2.72. The number of nitrogens with one attached hydrogen (secondary N) is 2. The minimum absolute atomic E-state index is 0.275. The fourth-order valence-electron chi connectivity index (χ4n) is 2.89. The van der Waals surface area contributed by atoms with Crippen LogP contribution in [0.1, 0.15) is 30.9 Å². The van der Waals surface area contributed by atoms with E-state index in [1.807, 2.05) is 6.92 Å². The number of H-pyrrole nitrogens is 2. The smallest absolute Gasteiger partial charge is 0.328 e. The van der Waals surface area contributed by atoms with E-state index in [9.17, 15) is 24.3 Å². The molecular weight excluding hydrogens is 366 g/mol. The number of aliphatic hydroxyl groups is 1. The highest BCUT2D eigenvalue weighted by molar-refractivity contribution is 5.01. The van der Waals surface area contributed by atoms with Crippen molar-refractivity contribution >= 4 is 0 Å². The average molecular weight is 393 g/mol. The van der Waals surface area contributed by atoms with Crippen LogP contribution in [0.5, 0.6) is 0 Å². The maximum atomic E-state index is 11.9. The lowest BCUT2D eigenvalue weighted by Gasteiger charge is -2.28. The first-order valence-electron chi connectivity index (χ1n) is 9.25. The van der Waals surface area contributed by atoms with Crippen LogP contribution in [0.4, 0.5) is 0 Å². The summed E-state index contributed by atoms with van der Waals surface area (Å²) in [6.07, 6.45) is 3.55. The summed E-state index contributed by atoms with van der Waals surface area (Å²) < 4.78 is 2.78. The van der Waals surface area contributed by atoms with Crippen molar-refractivity contribution < 1.29 is 5.11 Å². The monoisotopic (exact) mass is 393 g/mol. The second-order valence-electron chi connectivity index (χ2n) is 6.83. The van der Waals surface area contributed by atoms with E-state index in [0.29, 0.717) is 30.6 Å². The van der Waals surface area contributed by atoms with Crippen LogP contribution in [0.15, 0.2) is 31.6 Å². The van der Waals surface area contributed by atoms with Crippen molar-refractivity contribution in [2.75, 3.05) is 13.1 Å². The van der Waals surface area contributed by atoms with Gasteiger partial charge in [-0.2, -0.15) is 0 Å². The molecular formula is C18H27N5O5. The van der Waals surface area contributed by atoms with Gasteiger partial charge in [0.25, 0.3) is 11.1 Å². The normalized spacial score (nSPS) is 12.5. The third-order valence-corrected chi connectivity index (χ3v) is 4.60. The number of aryl methyl sites for hydroxylation is 2. The molecule has 1 atom stereocenters. The molecule has 0 aliphatic rings. The van der Waals surface area contributed by atoms with Crippen LogP contribution in [0.25, 0.3) is 0 Å². The largest absolute Gasteiger partial charge is 0.378 e. The van der Waals surface area contributed by atoms with Gasteiger partial charge in [-0.15, -0.1) is 0 Å². The zero-order chi connectivity index (χ0) is 20.8. The van der Waals surface area contributed by atoms with Gasteiger partial charge in [-0.1, -0.05) is 13.3 Å². The Bertz CT molecular complexity index is 955. The molecule has 28 heavy (non-hydrogen) atoms. The molecule has 0 aliphatic heterocycles. The topological polar surface area (TPSA) is 133 Å². The maximum absolute atomic E-state index is 11.9. The summed E-state index contributed by atoms with van der Waals surface area (Å²) in [6, 6.07) is 0. The Morgan fingerprint density at radius 3 is 1.75 bits per heavy atom. The van der Waals surface area contributed by atoms with Gasteiger partial charge in [-0.25, -0.2) is 9.59 Å². The molecule has 10 nitrogen and oxygen atoms in total. The molecule has 2 rings (SSSR count). The van der Waals surface area contributed by atoms with E-state index in [4.69, 9.17) is 0 Å². The Kier molecular flexibility index (Phi) is 7.30. The van der Waals surface area contributed by atoms with Gasteiger partial charge in [0, 0.05) is 49.7 Å². The van der Waals surface area contributed by atoms with Gasteiger partial charge in [0.2, 0.25) is 0 Å². The first-order valence-corrected chi connectivity index (χ1v) is 9.25. The molecule has 1 unspecified atom stereocenters. The number of hydrogen-bond acceptors (Lipinski definition) is 6. The van der Waals surface area contributed by atoms with E-state index >= 15 is 0 Å². The Balaban J connectivity index is 2.14. The summed E-state index contributed by atoms with van der Waals surface area (Å²) >= 11 is 0. The average Bonchev–Trinajstić information content (AvgIpc) is 2.63. The summed E-state index contributed by atoms with van der Waals surface area (Å²) in [5.74, 6) is 0. The van der Waals surface area contributed by atoms with Crippen molar-refractivity contribution in [3.8, 4) is 0 Å². The molecule has 0 saturated heterocycles. The van der Waals surface area contributed by atoms with Crippen LogP contribution >= 0.6 is 0 Å². The van der Waals surface area contributed by atoms with Crippen molar-refractivity contribution in [2.24, 2.45) is 0 Å². The van der Waals surface area contributed by atoms with Gasteiger partial charge in [-0.3, -0.25) is 33.6 Å². The van der Waals surface area contributed by atoms with E-state index in [-0.39, 0.29) is 13.1 Å². The predicted molar refractivity (Wildman–Crippen MR) is 105 cm³/mol. The summed E-state index contributed by atoms with van der Waals surface area (Å²) in [5, 5.41) is 10.4. The molecule has 0 fully saturated rings. The third kappa shape index (κ3) is 5.40. The third-order valence-electron chi connectivity index (χ3n) is 4.60. The van der Waals surface area contributed by atoms with Gasteiger partial charge in [-0.05, 0) is 20.3 Å². The number of aromatic amines is 2. The van der Waals surface area contributed by atoms with E-state index in [2.05, 4.69) is 9.97 Å². The van der Waals surface area contributed by atoms with Crippen molar-refractivity contribution in [2.45, 2.75) is 52.9 Å². The minimum atomic E-state index is -0.732. The van der Waals surface area contributed by atoms with E-state index in [1.54, 1.807) is 18.7 Å². The lowest BCUT2D eigenvalue weighted by Crippen LogP contribution is -2.43. The van der Waals surface area contributed by atoms with Gasteiger partial charge >= 0.3 is 11.4 Å². The molecule has 154 valence electrons. The first-order chi connectivity index (χ1) is 13.2. The van der Waals surface area contributed by atoms with E-state index in [1.165, 1.54) is 21.5 Å². The van der Waals surface area contributed by atoms with Crippen molar-refractivity contribution in [3.63, 3.8) is 0 Å². The summed E-state index contributed by atoms with van der Waals surface area (Å²) in [7, 11) is 0. The second-order valence-corrected chi connectivity index (χ2v) is 6.83. The van der Waals surface area contributed by atoms with Crippen molar-refractivity contribution in [1.82, 2.24) is 24.0 Å². The molecule has 0 saturated carbocycles. The van der Waals surface area contributed by atoms with Crippen LogP contribution in [0.3, 0.4) is 0 Å². The molecule has 2 heterocycles. The summed E-state index contributed by atoms with van der Waals surface area (Å²) in [5.41, 5.74) is -0.999. The van der Waals surface area contributed by atoms with Crippen LogP contribution in [-0.4, -0.2) is 48.4 Å². The summed E-state index contributed by atoms with van der Waals surface area (Å²) in [4.78, 5) is 53.1. The van der Waals surface area contributed by atoms with Crippen LogP contribution < -0.4 is 22.5 Å². The fraction of sp³-hybridized carbons (Fsp3) is 0.556. The fourth-order valence-corrected chi connectivity index (χ4v) is 2.89. The van der Waals surface area contributed by atoms with Gasteiger partial charge in [0.1, 0.15) is 6.23 Å². The molecule has 0 amide bonds. The zero-order valence-corrected chi connectivity index (χ0v) is 16.4. The number of aliphatic hydroxyl groups excluding tert-OH is 1. The van der Waals surface area contributed by atoms with Gasteiger partial charge in [0.15, 0.2) is 0 Å². The Morgan fingerprint density at radius 1 is 0.929 bits per heavy atom. The van der Waals surface area contributed by atoms with Crippen LogP contribution in [0.2, 0.25) is 0 Å². The molecule has 10 heteroatoms. The molecule has 0 radical (unpaired) electrons. The van der Waals surface area contributed by atoms with E-state index in [0.717, 1.165) is 6.42 Å². The zero-order valence-electron chi connectivity index (χ0n) is 16.4. The quantitative estimate of drug-likeness (QED) is 0.474. The standard InChI is InChI=1S/C18H27N5O5/c1-4-5-14(24)21(6-8-22-10-12(2)15(25)19-17(22)27)7-9-23-11-13(3)16(26)20-18(23)28/h10-11,14,24H,4-9H2,1-3H3,(H,19,25,27)(H,20,26,28). The maximum Gasteiger partial charge on any atom is 0.328 e. The van der Waals surface area contributed by atoms with Crippen molar-refractivity contribution in [1.29, 1.82) is 0 Å². The highest BCUT2D eigenvalue weighted by atomic mass is 16.3. The first kappa shape index (κ1) is 21.6. The lowest BCUT2D eigenvalue weighted by atomic mass is 10.2. The SMILES string of the molecule is CCCC(O)N(CCn1cc(C)c(=O)[nH]c1=O)CCn1cc(C)c(=O)[nH]c1=O. The van der Waals surface area contributed by atoms with Gasteiger partial charge < -0.3 is 5.11 Å². The Labute approximate surface area is 161 Å². The van der Waals surface area contributed by atoms with Crippen molar-refractivity contribution in [3.05, 3.63) is 65.2 Å². The molecule has 0 spiro atoms. The summed E-state index contributed by atoms with van der Waals surface area (Å²) in [6.45, 7) is 6.43. The minimum Gasteiger partial charge on any atom is -0.378 e. The number of hydrogen-bond donors (Lipinski definition) is 3. The molecule has 2 aromatic heterocycles. The lowest BCUT2D eigenvalue weighted by molar-refractivity contribution is -0.00731. The molecule has 0 aliphatic carbocycles. The number of rotatable bonds is 9. The Morgan fingerprint density at radius 2 is 1.36 bits per heavy atom. The highest BCUT2D eigenvalue weighted by Gasteiger charge is 2.16. The van der Waals surface area contributed by atoms with Crippen LogP contribution in [-0.2, 0) is 13.1 Å². The number of aromatic nitrogens is 4. The second kappa shape index (κ2) is 9.47.